The van der Waals surface area contributed by atoms with E-state index in [1.165, 1.54) is 21.9 Å². The van der Waals surface area contributed by atoms with Crippen LogP contribution in [-0.4, -0.2) is 9.97 Å². The summed E-state index contributed by atoms with van der Waals surface area (Å²) in [5.74, 6) is 0. The van der Waals surface area contributed by atoms with Gasteiger partial charge in [-0.1, -0.05) is 30.3 Å². The average molecular weight is 249 g/mol. The highest BCUT2D eigenvalue weighted by molar-refractivity contribution is 5.84. The van der Waals surface area contributed by atoms with E-state index < -0.39 is 0 Å². The minimum Gasteiger partial charge on any atom is -0.308 e. The summed E-state index contributed by atoms with van der Waals surface area (Å²) >= 11 is 0. The third kappa shape index (κ3) is 2.77. The van der Waals surface area contributed by atoms with Crippen LogP contribution in [0.4, 0.5) is 0 Å². The Kier molecular flexibility index (Phi) is 3.47. The number of hydrogen-bond acceptors (Lipinski definition) is 3. The van der Waals surface area contributed by atoms with Crippen LogP contribution in [0.15, 0.2) is 61.2 Å². The lowest BCUT2D eigenvalue weighted by Crippen LogP contribution is -2.13. The summed E-state index contributed by atoms with van der Waals surface area (Å²) < 4.78 is 0. The third-order valence-corrected chi connectivity index (χ3v) is 3.12. The Morgan fingerprint density at radius 2 is 1.79 bits per heavy atom. The van der Waals surface area contributed by atoms with Crippen molar-refractivity contribution in [2.75, 3.05) is 0 Å². The molecule has 0 spiro atoms. The Balaban J connectivity index is 1.72. The summed E-state index contributed by atoms with van der Waals surface area (Å²) in [5.41, 5.74) is 2.41. The Bertz CT molecular complexity index is 660. The minimum atomic E-state index is 0.809. The Hall–Kier alpha value is -2.26. The number of fused-ring (bicyclic) bond motifs is 1. The monoisotopic (exact) mass is 249 g/mol. The van der Waals surface area contributed by atoms with E-state index in [-0.39, 0.29) is 0 Å². The van der Waals surface area contributed by atoms with Crippen LogP contribution in [0.25, 0.3) is 10.8 Å². The molecule has 3 nitrogen and oxygen atoms in total. The van der Waals surface area contributed by atoms with Gasteiger partial charge in [0.15, 0.2) is 0 Å². The second kappa shape index (κ2) is 5.59. The van der Waals surface area contributed by atoms with Crippen LogP contribution < -0.4 is 5.32 Å². The molecule has 3 heteroatoms. The van der Waals surface area contributed by atoms with Gasteiger partial charge in [-0.25, -0.2) is 0 Å². The van der Waals surface area contributed by atoms with Gasteiger partial charge in [0, 0.05) is 43.3 Å². The lowest BCUT2D eigenvalue weighted by molar-refractivity contribution is 0.693. The number of pyridine rings is 2. The van der Waals surface area contributed by atoms with Crippen LogP contribution in [0.3, 0.4) is 0 Å². The molecule has 3 aromatic rings. The normalized spacial score (nSPS) is 10.7. The molecule has 0 aliphatic rings. The van der Waals surface area contributed by atoms with Crippen LogP contribution >= 0.6 is 0 Å². The Morgan fingerprint density at radius 1 is 0.842 bits per heavy atom. The number of hydrogen-bond donors (Lipinski definition) is 1. The largest absolute Gasteiger partial charge is 0.308 e. The molecule has 0 atom stereocenters. The SMILES string of the molecule is c1cncc(CNCc2cncc3ccccc23)c1. The molecular weight excluding hydrogens is 234 g/mol. The van der Waals surface area contributed by atoms with Crippen molar-refractivity contribution in [2.24, 2.45) is 0 Å². The molecule has 3 rings (SSSR count). The lowest BCUT2D eigenvalue weighted by atomic mass is 10.1. The number of rotatable bonds is 4. The summed E-state index contributed by atoms with van der Waals surface area (Å²) in [6, 6.07) is 12.4. The number of nitrogens with zero attached hydrogens (tertiary/aromatic N) is 2. The van der Waals surface area contributed by atoms with Crippen molar-refractivity contribution in [3.05, 3.63) is 72.3 Å². The van der Waals surface area contributed by atoms with Gasteiger partial charge >= 0.3 is 0 Å². The fourth-order valence-electron chi connectivity index (χ4n) is 2.16. The number of nitrogens with one attached hydrogen (secondary N) is 1. The van der Waals surface area contributed by atoms with Crippen LogP contribution in [-0.2, 0) is 13.1 Å². The maximum Gasteiger partial charge on any atom is 0.0346 e. The van der Waals surface area contributed by atoms with Crippen molar-refractivity contribution in [2.45, 2.75) is 13.1 Å². The van der Waals surface area contributed by atoms with Crippen LogP contribution in [0, 0.1) is 0 Å². The predicted octanol–water partition coefficient (Wildman–Crippen LogP) is 2.92. The van der Waals surface area contributed by atoms with Crippen LogP contribution in [0.1, 0.15) is 11.1 Å². The first-order valence-corrected chi connectivity index (χ1v) is 6.35. The zero-order valence-electron chi connectivity index (χ0n) is 10.6. The topological polar surface area (TPSA) is 37.8 Å². The second-order valence-electron chi connectivity index (χ2n) is 4.48. The molecular formula is C16H15N3. The Morgan fingerprint density at radius 3 is 2.68 bits per heavy atom. The minimum absolute atomic E-state index is 0.809. The fourth-order valence-corrected chi connectivity index (χ4v) is 2.16. The van der Waals surface area contributed by atoms with Gasteiger partial charge in [-0.05, 0) is 22.6 Å². The van der Waals surface area contributed by atoms with Crippen molar-refractivity contribution < 1.29 is 0 Å². The van der Waals surface area contributed by atoms with Gasteiger partial charge in [0.25, 0.3) is 0 Å². The van der Waals surface area contributed by atoms with E-state index in [4.69, 9.17) is 0 Å². The van der Waals surface area contributed by atoms with Crippen LogP contribution in [0.5, 0.6) is 0 Å². The molecule has 1 aromatic carbocycles. The van der Waals surface area contributed by atoms with E-state index in [1.807, 2.05) is 30.7 Å². The van der Waals surface area contributed by atoms with Gasteiger partial charge in [-0.15, -0.1) is 0 Å². The predicted molar refractivity (Wildman–Crippen MR) is 76.5 cm³/mol. The van der Waals surface area contributed by atoms with E-state index in [1.54, 1.807) is 6.20 Å². The molecule has 0 aliphatic carbocycles. The summed E-state index contributed by atoms with van der Waals surface area (Å²) in [6.07, 6.45) is 7.50. The maximum atomic E-state index is 4.29. The molecule has 0 unspecified atom stereocenters. The van der Waals surface area contributed by atoms with Crippen molar-refractivity contribution in [1.29, 1.82) is 0 Å². The second-order valence-corrected chi connectivity index (χ2v) is 4.48. The van der Waals surface area contributed by atoms with Gasteiger partial charge in [0.05, 0.1) is 0 Å². The van der Waals surface area contributed by atoms with Gasteiger partial charge in [-0.3, -0.25) is 9.97 Å². The van der Waals surface area contributed by atoms with E-state index >= 15 is 0 Å². The smallest absolute Gasteiger partial charge is 0.0346 e. The van der Waals surface area contributed by atoms with Gasteiger partial charge in [-0.2, -0.15) is 0 Å². The fraction of sp³-hybridized carbons (Fsp3) is 0.125. The highest BCUT2D eigenvalue weighted by Crippen LogP contribution is 2.16. The molecule has 2 aromatic heterocycles. The summed E-state index contributed by atoms with van der Waals surface area (Å²) in [7, 11) is 0. The first kappa shape index (κ1) is 11.8. The number of aromatic nitrogens is 2. The van der Waals surface area contributed by atoms with E-state index in [2.05, 4.69) is 39.6 Å². The van der Waals surface area contributed by atoms with Crippen molar-refractivity contribution in [3.8, 4) is 0 Å². The first-order chi connectivity index (χ1) is 9.43. The van der Waals surface area contributed by atoms with Crippen LogP contribution in [0.2, 0.25) is 0 Å². The molecule has 94 valence electrons. The summed E-state index contributed by atoms with van der Waals surface area (Å²) in [4.78, 5) is 8.39. The van der Waals surface area contributed by atoms with Gasteiger partial charge in [0.1, 0.15) is 0 Å². The van der Waals surface area contributed by atoms with Gasteiger partial charge in [0.2, 0.25) is 0 Å². The zero-order valence-corrected chi connectivity index (χ0v) is 10.6. The average Bonchev–Trinajstić information content (AvgIpc) is 2.49. The highest BCUT2D eigenvalue weighted by Gasteiger charge is 2.00. The van der Waals surface area contributed by atoms with E-state index in [0.29, 0.717) is 0 Å². The molecule has 0 amide bonds. The van der Waals surface area contributed by atoms with Crippen molar-refractivity contribution in [3.63, 3.8) is 0 Å². The highest BCUT2D eigenvalue weighted by atomic mass is 14.9. The van der Waals surface area contributed by atoms with Gasteiger partial charge < -0.3 is 5.32 Å². The Labute approximate surface area is 112 Å². The molecule has 0 saturated heterocycles. The molecule has 0 aliphatic heterocycles. The van der Waals surface area contributed by atoms with E-state index in [0.717, 1.165) is 13.1 Å². The quantitative estimate of drug-likeness (QED) is 0.772. The third-order valence-electron chi connectivity index (χ3n) is 3.12. The first-order valence-electron chi connectivity index (χ1n) is 6.35. The molecule has 2 heterocycles. The number of benzene rings is 1. The molecule has 0 radical (unpaired) electrons. The lowest BCUT2D eigenvalue weighted by Gasteiger charge is -2.07. The molecule has 1 N–H and O–H groups in total. The molecule has 0 bridgehead atoms. The maximum absolute atomic E-state index is 4.29. The molecule has 19 heavy (non-hydrogen) atoms. The summed E-state index contributed by atoms with van der Waals surface area (Å²) in [5, 5.41) is 5.87. The summed E-state index contributed by atoms with van der Waals surface area (Å²) in [6.45, 7) is 1.63. The molecule has 0 fully saturated rings. The zero-order chi connectivity index (χ0) is 12.9. The van der Waals surface area contributed by atoms with Crippen molar-refractivity contribution >= 4 is 10.8 Å². The molecule has 0 saturated carbocycles. The van der Waals surface area contributed by atoms with Crippen molar-refractivity contribution in [1.82, 2.24) is 15.3 Å². The van der Waals surface area contributed by atoms with E-state index in [9.17, 15) is 0 Å². The standard InChI is InChI=1S/C16H15N3/c1-2-6-16-14(5-1)10-19-12-15(16)11-18-9-13-4-3-7-17-8-13/h1-8,10,12,18H,9,11H2.